The zero-order chi connectivity index (χ0) is 58.2. The summed E-state index contributed by atoms with van der Waals surface area (Å²) >= 11 is 0. The van der Waals surface area contributed by atoms with Gasteiger partial charge in [0.1, 0.15) is 5.75 Å². The molecular weight excluding hydrogens is 1020 g/mol. The van der Waals surface area contributed by atoms with Gasteiger partial charge in [-0.15, -0.1) is 5.06 Å². The van der Waals surface area contributed by atoms with Crippen LogP contribution in [0, 0.1) is 17.8 Å². The lowest BCUT2D eigenvalue weighted by molar-refractivity contribution is -0.197. The molecule has 2 aliphatic rings. The highest BCUT2D eigenvalue weighted by atomic mass is 16.7. The number of Topliss-reactive ketones (excluding diaryl/α,β-unsaturated/α-hetero) is 6. The Morgan fingerprint density at radius 3 is 2.00 bits per heavy atom. The van der Waals surface area contributed by atoms with Gasteiger partial charge >= 0.3 is 5.97 Å². The molecule has 0 spiro atoms. The van der Waals surface area contributed by atoms with Crippen LogP contribution in [0.15, 0.2) is 42.5 Å². The molecule has 3 aromatic rings. The molecule has 4 amide bonds. The molecule has 2 heterocycles. The molecule has 0 bridgehead atoms. The number of fused-ring (bicyclic) bond motifs is 2. The monoisotopic (exact) mass is 1100 g/mol. The Hall–Kier alpha value is -6.53. The Labute approximate surface area is 461 Å². The van der Waals surface area contributed by atoms with Crippen molar-refractivity contribution in [2.24, 2.45) is 17.8 Å². The molecule has 0 aromatic heterocycles. The third-order valence-electron chi connectivity index (χ3n) is 14.1. The maximum Gasteiger partial charge on any atom is 0.333 e. The molecule has 1 saturated heterocycles. The number of nitrogens with zero attached hydrogens (tertiary/aromatic N) is 3. The van der Waals surface area contributed by atoms with E-state index in [0.29, 0.717) is 58.8 Å². The molecule has 22 nitrogen and oxygen atoms in total. The second kappa shape index (κ2) is 29.6. The lowest BCUT2D eigenvalue weighted by atomic mass is 9.89. The SMILES string of the molecule is COc1ccc2c3c(c4ccccc4cc13)C(=O)N(CCN(C)CCNCC(=O)[C@H](C)NCN[C@@H](CC(C)C)C(=O)CN[C@@H](C)C(=O)CC(=O)[C@H](CC(C)C)NN[C@H](C(=O)C(=O)CCC(=O)ON1C(=O)CCC1=O)C(C)C)C2=O. The van der Waals surface area contributed by atoms with Crippen molar-refractivity contribution in [1.82, 2.24) is 47.0 Å². The highest BCUT2D eigenvalue weighted by Gasteiger charge is 2.37. The molecule has 2 aliphatic heterocycles. The normalized spacial score (nSPS) is 15.6. The molecule has 22 heteroatoms. The molecule has 5 rings (SSSR count). The van der Waals surface area contributed by atoms with Crippen molar-refractivity contribution in [3.05, 3.63) is 53.6 Å². The molecule has 0 radical (unpaired) electrons. The number of carbonyl (C=O) groups is 11. The third-order valence-corrected chi connectivity index (χ3v) is 14.1. The highest BCUT2D eigenvalue weighted by molar-refractivity contribution is 6.39. The van der Waals surface area contributed by atoms with Crippen LogP contribution in [0.1, 0.15) is 121 Å². The minimum Gasteiger partial charge on any atom is -0.496 e. The van der Waals surface area contributed by atoms with E-state index in [4.69, 9.17) is 9.57 Å². The molecule has 430 valence electrons. The number of likely N-dealkylation sites (N-methyl/N-ethyl adjacent to an activating group) is 1. The van der Waals surface area contributed by atoms with Gasteiger partial charge in [0, 0.05) is 68.4 Å². The molecule has 3 aromatic carbocycles. The molecule has 79 heavy (non-hydrogen) atoms. The van der Waals surface area contributed by atoms with E-state index in [0.717, 1.165) is 10.8 Å². The number of imide groups is 2. The molecular formula is C57H79N9O13. The Morgan fingerprint density at radius 2 is 1.34 bits per heavy atom. The molecule has 0 aliphatic carbocycles. The number of ether oxygens (including phenoxy) is 1. The predicted molar refractivity (Wildman–Crippen MR) is 294 cm³/mol. The Bertz CT molecular complexity index is 2760. The summed E-state index contributed by atoms with van der Waals surface area (Å²) in [5.41, 5.74) is 6.59. The number of methoxy groups -OCH3 is 1. The van der Waals surface area contributed by atoms with Gasteiger partial charge in [0.15, 0.2) is 23.1 Å². The van der Waals surface area contributed by atoms with E-state index in [-0.39, 0.29) is 80.8 Å². The Kier molecular flexibility index (Phi) is 23.7. The maximum atomic E-state index is 14.0. The third kappa shape index (κ3) is 17.2. The number of hydrogen-bond donors (Lipinski definition) is 6. The number of carbonyl (C=O) groups excluding carboxylic acids is 11. The topological polar surface area (TPSA) is 288 Å². The maximum absolute atomic E-state index is 14.0. The summed E-state index contributed by atoms with van der Waals surface area (Å²) in [6.07, 6.45) is -1.01. The quantitative estimate of drug-likeness (QED) is 0.00928. The fourth-order valence-electron chi connectivity index (χ4n) is 9.30. The van der Waals surface area contributed by atoms with Crippen LogP contribution < -0.4 is 36.9 Å². The first kappa shape index (κ1) is 63.3. The lowest BCUT2D eigenvalue weighted by Crippen LogP contribution is -2.56. The van der Waals surface area contributed by atoms with E-state index in [9.17, 15) is 52.7 Å². The first-order valence-corrected chi connectivity index (χ1v) is 27.2. The van der Waals surface area contributed by atoms with E-state index >= 15 is 0 Å². The van der Waals surface area contributed by atoms with E-state index in [2.05, 4.69) is 32.1 Å². The number of hydrogen-bond acceptors (Lipinski definition) is 20. The Morgan fingerprint density at radius 1 is 0.684 bits per heavy atom. The van der Waals surface area contributed by atoms with Crippen LogP contribution in [-0.4, -0.2) is 169 Å². The minimum atomic E-state index is -1.11. The lowest BCUT2D eigenvalue weighted by Gasteiger charge is -2.30. The number of ketones is 6. The summed E-state index contributed by atoms with van der Waals surface area (Å²) < 4.78 is 5.59. The van der Waals surface area contributed by atoms with Crippen molar-refractivity contribution in [3.63, 3.8) is 0 Å². The van der Waals surface area contributed by atoms with Gasteiger partial charge in [-0.2, -0.15) is 0 Å². The van der Waals surface area contributed by atoms with Crippen LogP contribution in [0.2, 0.25) is 0 Å². The second-order valence-corrected chi connectivity index (χ2v) is 21.6. The van der Waals surface area contributed by atoms with Gasteiger partial charge in [-0.1, -0.05) is 65.8 Å². The van der Waals surface area contributed by atoms with E-state index < -0.39 is 96.3 Å². The van der Waals surface area contributed by atoms with Crippen LogP contribution in [0.4, 0.5) is 0 Å². The van der Waals surface area contributed by atoms with Crippen molar-refractivity contribution in [2.45, 2.75) is 131 Å². The summed E-state index contributed by atoms with van der Waals surface area (Å²) in [4.78, 5) is 151. The zero-order valence-corrected chi connectivity index (χ0v) is 47.2. The van der Waals surface area contributed by atoms with Gasteiger partial charge in [-0.25, -0.2) is 15.6 Å². The van der Waals surface area contributed by atoms with Crippen LogP contribution in [-0.2, 0) is 48.0 Å². The summed E-state index contributed by atoms with van der Waals surface area (Å²) in [7, 11) is 3.44. The first-order valence-electron chi connectivity index (χ1n) is 27.2. The summed E-state index contributed by atoms with van der Waals surface area (Å²) in [6.45, 7) is 16.0. The van der Waals surface area contributed by atoms with E-state index in [1.165, 1.54) is 4.90 Å². The van der Waals surface area contributed by atoms with Crippen molar-refractivity contribution in [2.75, 3.05) is 60.1 Å². The largest absolute Gasteiger partial charge is 0.496 e. The predicted octanol–water partition coefficient (Wildman–Crippen LogP) is 2.76. The van der Waals surface area contributed by atoms with Gasteiger partial charge in [0.2, 0.25) is 11.6 Å². The summed E-state index contributed by atoms with van der Waals surface area (Å²) in [5, 5.41) is 15.8. The Balaban J connectivity index is 1.01. The molecule has 5 atom stereocenters. The van der Waals surface area contributed by atoms with Crippen LogP contribution in [0.3, 0.4) is 0 Å². The average Bonchev–Trinajstić information content (AvgIpc) is 3.91. The highest BCUT2D eigenvalue weighted by Crippen LogP contribution is 2.39. The van der Waals surface area contributed by atoms with Crippen molar-refractivity contribution < 1.29 is 62.3 Å². The number of amides is 4. The minimum absolute atomic E-state index is 0.0187. The fraction of sp³-hybridized carbons (Fsp3) is 0.561. The molecule has 0 saturated carbocycles. The summed E-state index contributed by atoms with van der Waals surface area (Å²) in [6, 6.07) is 8.92. The number of benzene rings is 3. The smallest absolute Gasteiger partial charge is 0.333 e. The van der Waals surface area contributed by atoms with E-state index in [1.807, 2.05) is 70.0 Å². The van der Waals surface area contributed by atoms with Gasteiger partial charge in [-0.05, 0) is 80.5 Å². The van der Waals surface area contributed by atoms with Gasteiger partial charge < -0.3 is 25.1 Å². The van der Waals surface area contributed by atoms with Crippen molar-refractivity contribution >= 4 is 85.8 Å². The molecule has 0 unspecified atom stereocenters. The number of rotatable bonds is 36. The van der Waals surface area contributed by atoms with Crippen LogP contribution in [0.25, 0.3) is 21.5 Å². The number of hydrazine groups is 1. The number of hydroxylamine groups is 2. The zero-order valence-electron chi connectivity index (χ0n) is 47.2. The second-order valence-electron chi connectivity index (χ2n) is 21.6. The van der Waals surface area contributed by atoms with Gasteiger partial charge in [0.25, 0.3) is 23.6 Å². The molecule has 1 fully saturated rings. The van der Waals surface area contributed by atoms with Crippen molar-refractivity contribution in [1.29, 1.82) is 0 Å². The van der Waals surface area contributed by atoms with E-state index in [1.54, 1.807) is 46.9 Å². The van der Waals surface area contributed by atoms with Crippen LogP contribution in [0.5, 0.6) is 5.75 Å². The van der Waals surface area contributed by atoms with Crippen LogP contribution >= 0.6 is 0 Å². The number of nitrogens with one attached hydrogen (secondary N) is 6. The molecule has 6 N–H and O–H groups in total. The average molecular weight is 1100 g/mol. The fourth-order valence-corrected chi connectivity index (χ4v) is 9.30. The summed E-state index contributed by atoms with van der Waals surface area (Å²) in [5.74, 6) is -5.86. The standard InChI is InChI=1S/C57H79N9O13/c1-32(2)25-41(47(71)30-59-35(7)44(68)28-45(69)42(26-33(3)4)62-63-54(34(5)6)55(75)43(67)16-20-51(74)79-66-49(72)18-19-50(66)73)61-31-60-36(8)46(70)29-58-21-22-64(9)23-24-65-56(76)39-15-17-48(78-10)40-27-37-13-11-12-14-38(37)53(52(39)40)57(65)77/h11-15,17,27,32-36,41-42,54,58-63H,16,18-26,28-31H2,1-10H3/t35-,36-,41-,42-,54-/m0/s1. The van der Waals surface area contributed by atoms with Crippen molar-refractivity contribution in [3.8, 4) is 5.75 Å². The first-order chi connectivity index (χ1) is 37.4. The van der Waals surface area contributed by atoms with Gasteiger partial charge in [0.05, 0.1) is 68.8 Å². The van der Waals surface area contributed by atoms with Gasteiger partial charge in [-0.3, -0.25) is 63.5 Å².